The molecule has 0 heterocycles. The first-order chi connectivity index (χ1) is 9.46. The van der Waals surface area contributed by atoms with Crippen LogP contribution in [-0.4, -0.2) is 20.5 Å². The van der Waals surface area contributed by atoms with Crippen molar-refractivity contribution in [2.24, 2.45) is 11.1 Å². The second kappa shape index (κ2) is 6.25. The third-order valence-electron chi connectivity index (χ3n) is 2.85. The monoisotopic (exact) mass is 341 g/mol. The summed E-state index contributed by atoms with van der Waals surface area (Å²) in [4.78, 5) is 10.6. The lowest BCUT2D eigenvalue weighted by Gasteiger charge is -2.17. The van der Waals surface area contributed by atoms with Gasteiger partial charge in [-0.25, -0.2) is 27.1 Å². The summed E-state index contributed by atoms with van der Waals surface area (Å²) < 4.78 is 54.5. The summed E-state index contributed by atoms with van der Waals surface area (Å²) in [6.45, 7) is 5.15. The van der Waals surface area contributed by atoms with Gasteiger partial charge in [0.05, 0.1) is 10.6 Å². The molecule has 0 aliphatic rings. The predicted octanol–water partition coefficient (Wildman–Crippen LogP) is 2.47. The van der Waals surface area contributed by atoms with Crippen molar-refractivity contribution in [3.63, 3.8) is 0 Å². The van der Waals surface area contributed by atoms with Gasteiger partial charge >= 0.3 is 5.97 Å². The van der Waals surface area contributed by atoms with Gasteiger partial charge < -0.3 is 4.74 Å². The van der Waals surface area contributed by atoms with Gasteiger partial charge in [0, 0.05) is 0 Å². The molecule has 0 saturated heterocycles. The summed E-state index contributed by atoms with van der Waals surface area (Å²) >= 11 is 5.66. The molecule has 21 heavy (non-hydrogen) atoms. The number of halogens is 3. The van der Waals surface area contributed by atoms with Crippen molar-refractivity contribution in [2.45, 2.75) is 31.8 Å². The minimum atomic E-state index is -4.64. The molecule has 1 aromatic rings. The Morgan fingerprint density at radius 2 is 1.86 bits per heavy atom. The molecule has 9 heteroatoms. The van der Waals surface area contributed by atoms with Crippen LogP contribution in [0.4, 0.5) is 8.78 Å². The lowest BCUT2D eigenvalue weighted by Crippen LogP contribution is -2.22. The molecular weight excluding hydrogens is 328 g/mol. The van der Waals surface area contributed by atoms with Gasteiger partial charge in [-0.2, -0.15) is 0 Å². The zero-order chi connectivity index (χ0) is 16.5. The highest BCUT2D eigenvalue weighted by Gasteiger charge is 2.29. The largest absolute Gasteiger partial charge is 0.459 e. The van der Waals surface area contributed by atoms with Crippen molar-refractivity contribution in [1.82, 2.24) is 0 Å². The maximum Gasteiger partial charge on any atom is 0.340 e. The van der Waals surface area contributed by atoms with E-state index in [1.165, 1.54) is 0 Å². The number of sulfonamides is 1. The standard InChI is InChI=1S/C12H14ClF2NO4S/c1-5(2)6(3)20-12(17)7-4-8(14)10(15)11(9(7)13)21(16,18)19/h4-6H,1-3H3,(H2,16,18,19). The first kappa shape index (κ1) is 17.8. The smallest absolute Gasteiger partial charge is 0.340 e. The van der Waals surface area contributed by atoms with Crippen LogP contribution in [0, 0.1) is 17.6 Å². The van der Waals surface area contributed by atoms with E-state index in [-0.39, 0.29) is 5.92 Å². The van der Waals surface area contributed by atoms with Crippen molar-refractivity contribution in [3.05, 3.63) is 28.3 Å². The molecule has 1 aromatic carbocycles. The molecule has 0 radical (unpaired) electrons. The van der Waals surface area contributed by atoms with E-state index in [1.807, 2.05) is 0 Å². The zero-order valence-electron chi connectivity index (χ0n) is 11.5. The number of hydrogen-bond acceptors (Lipinski definition) is 4. The number of nitrogens with two attached hydrogens (primary N) is 1. The molecule has 1 atom stereocenters. The first-order valence-corrected chi connectivity index (χ1v) is 7.80. The molecule has 0 aliphatic heterocycles. The lowest BCUT2D eigenvalue weighted by atomic mass is 10.1. The Labute approximate surface area is 126 Å². The van der Waals surface area contributed by atoms with Crippen molar-refractivity contribution in [1.29, 1.82) is 0 Å². The quantitative estimate of drug-likeness (QED) is 0.673. The van der Waals surface area contributed by atoms with Gasteiger partial charge in [-0.3, -0.25) is 0 Å². The molecule has 0 bridgehead atoms. The van der Waals surface area contributed by atoms with Crippen LogP contribution in [0.3, 0.4) is 0 Å². The Morgan fingerprint density at radius 1 is 1.33 bits per heavy atom. The van der Waals surface area contributed by atoms with Crippen LogP contribution < -0.4 is 5.14 Å². The zero-order valence-corrected chi connectivity index (χ0v) is 13.1. The van der Waals surface area contributed by atoms with Crippen LogP contribution in [0.15, 0.2) is 11.0 Å². The van der Waals surface area contributed by atoms with Crippen LogP contribution in [0.2, 0.25) is 5.02 Å². The number of carbonyl (C=O) groups excluding carboxylic acids is 1. The molecule has 5 nitrogen and oxygen atoms in total. The van der Waals surface area contributed by atoms with E-state index >= 15 is 0 Å². The van der Waals surface area contributed by atoms with Crippen LogP contribution in [0.5, 0.6) is 0 Å². The van der Waals surface area contributed by atoms with Crippen LogP contribution in [0.25, 0.3) is 0 Å². The molecule has 2 N–H and O–H groups in total. The second-order valence-corrected chi connectivity index (χ2v) is 6.64. The predicted molar refractivity (Wildman–Crippen MR) is 72.5 cm³/mol. The van der Waals surface area contributed by atoms with E-state index < -0.39 is 49.2 Å². The average molecular weight is 342 g/mol. The number of esters is 1. The number of ether oxygens (including phenoxy) is 1. The highest BCUT2D eigenvalue weighted by atomic mass is 35.5. The fraction of sp³-hybridized carbons (Fsp3) is 0.417. The molecular formula is C12H14ClF2NO4S. The van der Waals surface area contributed by atoms with E-state index in [1.54, 1.807) is 20.8 Å². The molecule has 1 unspecified atom stereocenters. The number of hydrogen-bond donors (Lipinski definition) is 1. The minimum Gasteiger partial charge on any atom is -0.459 e. The number of primary sulfonamides is 1. The van der Waals surface area contributed by atoms with Gasteiger partial charge in [-0.15, -0.1) is 0 Å². The third kappa shape index (κ3) is 3.90. The summed E-state index contributed by atoms with van der Waals surface area (Å²) in [5.41, 5.74) is -0.605. The first-order valence-electron chi connectivity index (χ1n) is 5.88. The van der Waals surface area contributed by atoms with Gasteiger partial charge in [0.25, 0.3) is 0 Å². The Balaban J connectivity index is 3.40. The fourth-order valence-electron chi connectivity index (χ4n) is 1.35. The molecule has 0 aliphatic carbocycles. The highest BCUT2D eigenvalue weighted by molar-refractivity contribution is 7.89. The van der Waals surface area contributed by atoms with Crippen molar-refractivity contribution >= 4 is 27.6 Å². The molecule has 0 saturated carbocycles. The normalized spacial score (nSPS) is 13.3. The highest BCUT2D eigenvalue weighted by Crippen LogP contribution is 2.30. The van der Waals surface area contributed by atoms with Gasteiger partial charge in [-0.05, 0) is 18.9 Å². The number of rotatable bonds is 4. The second-order valence-electron chi connectivity index (χ2n) is 4.76. The van der Waals surface area contributed by atoms with Crippen molar-refractivity contribution < 1.29 is 26.7 Å². The molecule has 0 aromatic heterocycles. The Kier molecular flexibility index (Phi) is 5.30. The van der Waals surface area contributed by atoms with E-state index in [0.717, 1.165) is 0 Å². The van der Waals surface area contributed by atoms with Gasteiger partial charge in [0.1, 0.15) is 11.0 Å². The SMILES string of the molecule is CC(C)C(C)OC(=O)c1cc(F)c(F)c(S(N)(=O)=O)c1Cl. The summed E-state index contributed by atoms with van der Waals surface area (Å²) in [5.74, 6) is -4.40. The Bertz CT molecular complexity index is 676. The molecule has 118 valence electrons. The van der Waals surface area contributed by atoms with Gasteiger partial charge in [0.15, 0.2) is 11.6 Å². The third-order valence-corrected chi connectivity index (χ3v) is 4.31. The lowest BCUT2D eigenvalue weighted by molar-refractivity contribution is 0.0237. The maximum atomic E-state index is 13.5. The van der Waals surface area contributed by atoms with Crippen molar-refractivity contribution in [2.75, 3.05) is 0 Å². The molecule has 1 rings (SSSR count). The minimum absolute atomic E-state index is 0.0317. The van der Waals surface area contributed by atoms with Gasteiger partial charge in [-0.1, -0.05) is 25.4 Å². The number of benzene rings is 1. The summed E-state index contributed by atoms with van der Waals surface area (Å²) in [6.07, 6.45) is -0.528. The van der Waals surface area contributed by atoms with Crippen molar-refractivity contribution in [3.8, 4) is 0 Å². The Morgan fingerprint density at radius 3 is 2.29 bits per heavy atom. The molecule has 0 amide bonds. The molecule has 0 spiro atoms. The summed E-state index contributed by atoms with van der Waals surface area (Å²) in [7, 11) is -4.64. The van der Waals surface area contributed by atoms with E-state index in [4.69, 9.17) is 21.5 Å². The van der Waals surface area contributed by atoms with Crippen LogP contribution >= 0.6 is 11.6 Å². The average Bonchev–Trinajstić information content (AvgIpc) is 2.31. The maximum absolute atomic E-state index is 13.5. The topological polar surface area (TPSA) is 86.5 Å². The van der Waals surface area contributed by atoms with E-state index in [2.05, 4.69) is 0 Å². The molecule has 0 fully saturated rings. The van der Waals surface area contributed by atoms with E-state index in [0.29, 0.717) is 6.07 Å². The van der Waals surface area contributed by atoms with E-state index in [9.17, 15) is 22.0 Å². The van der Waals surface area contributed by atoms with Gasteiger partial charge in [0.2, 0.25) is 10.0 Å². The Hall–Kier alpha value is -1.25. The summed E-state index contributed by atoms with van der Waals surface area (Å²) in [6, 6.07) is 0.474. The summed E-state index contributed by atoms with van der Waals surface area (Å²) in [5, 5.41) is 3.97. The number of carbonyl (C=O) groups is 1. The van der Waals surface area contributed by atoms with Crippen LogP contribution in [0.1, 0.15) is 31.1 Å². The van der Waals surface area contributed by atoms with Crippen LogP contribution in [-0.2, 0) is 14.8 Å². The fourth-order valence-corrected chi connectivity index (χ4v) is 2.59.